The number of aryl methyl sites for hydroxylation is 1. The van der Waals surface area contributed by atoms with Crippen molar-refractivity contribution >= 4 is 17.4 Å². The van der Waals surface area contributed by atoms with Crippen molar-refractivity contribution < 1.29 is 18.3 Å². The highest BCUT2D eigenvalue weighted by molar-refractivity contribution is 6.32. The molecule has 1 atom stereocenters. The van der Waals surface area contributed by atoms with E-state index in [0.29, 0.717) is 12.0 Å². The van der Waals surface area contributed by atoms with Gasteiger partial charge in [-0.25, -0.2) is 13.6 Å². The van der Waals surface area contributed by atoms with E-state index in [1.807, 2.05) is 4.98 Å². The van der Waals surface area contributed by atoms with Gasteiger partial charge in [0.15, 0.2) is 0 Å². The molecule has 0 spiro atoms. The van der Waals surface area contributed by atoms with Crippen LogP contribution in [-0.2, 0) is 10.2 Å². The van der Waals surface area contributed by atoms with Crippen LogP contribution in [-0.4, -0.2) is 26.5 Å². The van der Waals surface area contributed by atoms with E-state index in [4.69, 9.17) is 21.6 Å². The number of H-pyrrole nitrogens is 1. The van der Waals surface area contributed by atoms with Gasteiger partial charge in [-0.3, -0.25) is 14.6 Å². The lowest BCUT2D eigenvalue weighted by atomic mass is 9.85. The van der Waals surface area contributed by atoms with Gasteiger partial charge in [0.25, 0.3) is 11.5 Å². The maximum atomic E-state index is 14.5. The SMILES string of the molecule is CCCC(=O)C1(c2cc(Oc3ccc(-n4nc(C#N)c(=O)[nH]c4=O)cc3Cl)ccc2C)CC1(F)F. The summed E-state index contributed by atoms with van der Waals surface area (Å²) in [5.41, 5.74) is -3.20. The lowest BCUT2D eigenvalue weighted by Crippen LogP contribution is -2.33. The largest absolute Gasteiger partial charge is 0.456 e. The maximum Gasteiger partial charge on any atom is 0.349 e. The lowest BCUT2D eigenvalue weighted by molar-refractivity contribution is -0.124. The number of nitrogens with zero attached hydrogens (tertiary/aromatic N) is 3. The summed E-state index contributed by atoms with van der Waals surface area (Å²) in [5.74, 6) is -3.26. The van der Waals surface area contributed by atoms with Gasteiger partial charge in [-0.1, -0.05) is 24.6 Å². The fraction of sp³-hybridized carbons (Fsp3) is 0.292. The summed E-state index contributed by atoms with van der Waals surface area (Å²) < 4.78 is 35.6. The summed E-state index contributed by atoms with van der Waals surface area (Å²) in [6.07, 6.45) is -0.0137. The van der Waals surface area contributed by atoms with Gasteiger partial charge in [-0.05, 0) is 54.8 Å². The van der Waals surface area contributed by atoms with Gasteiger partial charge in [-0.2, -0.15) is 9.94 Å². The molecule has 0 saturated heterocycles. The number of carbonyl (C=O) groups excluding carboxylic acids is 1. The van der Waals surface area contributed by atoms with E-state index in [2.05, 4.69) is 5.10 Å². The molecule has 4 rings (SSSR count). The summed E-state index contributed by atoms with van der Waals surface area (Å²) in [5, 5.41) is 12.7. The van der Waals surface area contributed by atoms with E-state index in [9.17, 15) is 23.2 Å². The van der Waals surface area contributed by atoms with Crippen LogP contribution in [0.25, 0.3) is 5.69 Å². The Morgan fingerprint density at radius 2 is 2.00 bits per heavy atom. The Morgan fingerprint density at radius 1 is 1.29 bits per heavy atom. The number of nitriles is 1. The van der Waals surface area contributed by atoms with Crippen LogP contribution >= 0.6 is 11.6 Å². The molecule has 8 nitrogen and oxygen atoms in total. The van der Waals surface area contributed by atoms with Crippen molar-refractivity contribution in [2.24, 2.45) is 0 Å². The Bertz CT molecular complexity index is 1510. The van der Waals surface area contributed by atoms with Crippen molar-refractivity contribution in [2.75, 3.05) is 0 Å². The van der Waals surface area contributed by atoms with Crippen LogP contribution in [0, 0.1) is 18.3 Å². The van der Waals surface area contributed by atoms with Gasteiger partial charge >= 0.3 is 5.69 Å². The number of rotatable bonds is 7. The van der Waals surface area contributed by atoms with Crippen LogP contribution < -0.4 is 16.0 Å². The van der Waals surface area contributed by atoms with E-state index in [0.717, 1.165) is 4.68 Å². The van der Waals surface area contributed by atoms with Gasteiger partial charge < -0.3 is 4.74 Å². The van der Waals surface area contributed by atoms with Crippen molar-refractivity contribution in [1.82, 2.24) is 14.8 Å². The third kappa shape index (κ3) is 4.12. The summed E-state index contributed by atoms with van der Waals surface area (Å²) in [4.78, 5) is 38.3. The van der Waals surface area contributed by atoms with Crippen molar-refractivity contribution in [2.45, 2.75) is 44.4 Å². The minimum atomic E-state index is -3.12. The zero-order valence-electron chi connectivity index (χ0n) is 18.7. The minimum Gasteiger partial charge on any atom is -0.456 e. The molecule has 35 heavy (non-hydrogen) atoms. The van der Waals surface area contributed by atoms with Crippen LogP contribution in [0.15, 0.2) is 46.0 Å². The molecule has 1 N–H and O–H groups in total. The molecule has 0 bridgehead atoms. The van der Waals surface area contributed by atoms with Crippen LogP contribution in [0.1, 0.15) is 43.0 Å². The average Bonchev–Trinajstić information content (AvgIpc) is 3.39. The molecule has 1 fully saturated rings. The predicted octanol–water partition coefficient (Wildman–Crippen LogP) is 4.19. The van der Waals surface area contributed by atoms with E-state index < -0.39 is 40.5 Å². The second-order valence-corrected chi connectivity index (χ2v) is 8.69. The molecule has 1 aromatic heterocycles. The lowest BCUT2D eigenvalue weighted by Gasteiger charge is -2.19. The number of alkyl halides is 2. The Hall–Kier alpha value is -3.84. The molecule has 1 aliphatic carbocycles. The van der Waals surface area contributed by atoms with Crippen molar-refractivity contribution in [1.29, 1.82) is 5.26 Å². The number of carbonyl (C=O) groups is 1. The van der Waals surface area contributed by atoms with E-state index in [-0.39, 0.29) is 34.2 Å². The number of benzene rings is 2. The maximum absolute atomic E-state index is 14.5. The summed E-state index contributed by atoms with van der Waals surface area (Å²) in [6, 6.07) is 10.4. The number of ether oxygens (including phenoxy) is 1. The molecule has 11 heteroatoms. The summed E-state index contributed by atoms with van der Waals surface area (Å²) in [7, 11) is 0. The van der Waals surface area contributed by atoms with E-state index >= 15 is 0 Å². The number of halogens is 3. The molecule has 0 radical (unpaired) electrons. The molecule has 1 heterocycles. The number of hydrogen-bond donors (Lipinski definition) is 1. The van der Waals surface area contributed by atoms with Crippen LogP contribution in [0.5, 0.6) is 11.5 Å². The Kier molecular flexibility index (Phi) is 6.07. The zero-order valence-corrected chi connectivity index (χ0v) is 19.4. The smallest absolute Gasteiger partial charge is 0.349 e. The minimum absolute atomic E-state index is 0.0524. The quantitative estimate of drug-likeness (QED) is 0.519. The number of nitrogens with one attached hydrogen (secondary N) is 1. The number of Topliss-reactive ketones (excluding diaryl/α,β-unsaturated/α-hetero) is 1. The number of aromatic nitrogens is 3. The van der Waals surface area contributed by atoms with E-state index in [1.54, 1.807) is 32.0 Å². The van der Waals surface area contributed by atoms with Gasteiger partial charge in [-0.15, -0.1) is 5.10 Å². The molecule has 1 unspecified atom stereocenters. The van der Waals surface area contributed by atoms with Crippen molar-refractivity contribution in [3.8, 4) is 23.3 Å². The molecule has 0 aliphatic heterocycles. The number of aromatic amines is 1. The molecule has 3 aromatic rings. The summed E-state index contributed by atoms with van der Waals surface area (Å²) in [6.45, 7) is 3.43. The van der Waals surface area contributed by atoms with Crippen LogP contribution in [0.4, 0.5) is 8.78 Å². The molecular formula is C24H19ClF2N4O4. The second-order valence-electron chi connectivity index (χ2n) is 8.28. The fourth-order valence-corrected chi connectivity index (χ4v) is 4.29. The predicted molar refractivity (Wildman–Crippen MR) is 123 cm³/mol. The molecule has 0 amide bonds. The van der Waals surface area contributed by atoms with E-state index in [1.165, 1.54) is 24.3 Å². The molecule has 180 valence electrons. The van der Waals surface area contributed by atoms with Gasteiger partial charge in [0.2, 0.25) is 5.69 Å². The average molecular weight is 501 g/mol. The monoisotopic (exact) mass is 500 g/mol. The third-order valence-electron chi connectivity index (χ3n) is 5.93. The normalized spacial score (nSPS) is 18.1. The highest BCUT2D eigenvalue weighted by atomic mass is 35.5. The van der Waals surface area contributed by atoms with Gasteiger partial charge in [0.05, 0.1) is 10.7 Å². The molecule has 1 saturated carbocycles. The van der Waals surface area contributed by atoms with Gasteiger partial charge in [0, 0.05) is 12.8 Å². The first-order chi connectivity index (χ1) is 16.5. The number of hydrogen-bond acceptors (Lipinski definition) is 6. The second kappa shape index (κ2) is 8.74. The first-order valence-corrected chi connectivity index (χ1v) is 11.1. The molecular weight excluding hydrogens is 482 g/mol. The first-order valence-electron chi connectivity index (χ1n) is 10.7. The highest BCUT2D eigenvalue weighted by Crippen LogP contribution is 2.63. The summed E-state index contributed by atoms with van der Waals surface area (Å²) >= 11 is 6.32. The topological polar surface area (TPSA) is 118 Å². The first kappa shape index (κ1) is 24.3. The van der Waals surface area contributed by atoms with Crippen LogP contribution in [0.2, 0.25) is 5.02 Å². The van der Waals surface area contributed by atoms with Crippen LogP contribution in [0.3, 0.4) is 0 Å². The fourth-order valence-electron chi connectivity index (χ4n) is 4.08. The molecule has 2 aromatic carbocycles. The zero-order chi connectivity index (χ0) is 25.5. The Balaban J connectivity index is 1.68. The standard InChI is InChI=1S/C24H19ClF2N4O4/c1-3-4-20(32)23(12-24(23,26)27)16-10-15(7-5-13(16)2)35-19-8-6-14(9-17(19)25)31-22(34)29-21(33)18(11-28)30-31/h5-10H,3-4,12H2,1-2H3,(H,29,33,34). The van der Waals surface area contributed by atoms with Crippen molar-refractivity contribution in [3.63, 3.8) is 0 Å². The Morgan fingerprint density at radius 3 is 2.60 bits per heavy atom. The Labute approximate surface area is 202 Å². The number of ketones is 1. The third-order valence-corrected chi connectivity index (χ3v) is 6.23. The molecule has 1 aliphatic rings. The van der Waals surface area contributed by atoms with Gasteiger partial charge in [0.1, 0.15) is 28.8 Å². The highest BCUT2D eigenvalue weighted by Gasteiger charge is 2.76. The van der Waals surface area contributed by atoms with Crippen molar-refractivity contribution in [3.05, 3.63) is 79.1 Å².